The average molecular weight is 433 g/mol. The zero-order chi connectivity index (χ0) is 22.9. The molecule has 0 aliphatic rings. The van der Waals surface area contributed by atoms with E-state index in [1.165, 1.54) is 17.5 Å². The fourth-order valence-corrected chi connectivity index (χ4v) is 3.58. The molecule has 0 aliphatic heterocycles. The normalized spacial score (nSPS) is 11.2. The van der Waals surface area contributed by atoms with E-state index in [9.17, 15) is 9.59 Å². The number of hydrogen-bond acceptors (Lipinski definition) is 3. The van der Waals surface area contributed by atoms with Crippen LogP contribution in [0.4, 0.5) is 5.69 Å². The van der Waals surface area contributed by atoms with Crippen LogP contribution >= 0.6 is 0 Å². The van der Waals surface area contributed by atoms with Crippen LogP contribution in [-0.4, -0.2) is 28.4 Å². The van der Waals surface area contributed by atoms with E-state index in [1.807, 2.05) is 31.2 Å². The van der Waals surface area contributed by atoms with Crippen molar-refractivity contribution in [2.45, 2.75) is 52.9 Å². The molecule has 0 atom stereocenters. The Balaban J connectivity index is 1.73. The summed E-state index contributed by atoms with van der Waals surface area (Å²) in [5, 5.41) is 6.06. The molecule has 3 aromatic rings. The number of carbonyl (C=O) groups is 1. The molecule has 3 rings (SSSR count). The minimum absolute atomic E-state index is 0.0922. The van der Waals surface area contributed by atoms with Crippen molar-refractivity contribution in [2.75, 3.05) is 6.54 Å². The van der Waals surface area contributed by atoms with Crippen molar-refractivity contribution in [1.29, 1.82) is 0 Å². The molecular formula is C26H32N4O2. The molecule has 0 radical (unpaired) electrons. The summed E-state index contributed by atoms with van der Waals surface area (Å²) >= 11 is 0. The second-order valence-corrected chi connectivity index (χ2v) is 7.89. The minimum atomic E-state index is -0.173. The zero-order valence-electron chi connectivity index (χ0n) is 19.1. The van der Waals surface area contributed by atoms with Crippen molar-refractivity contribution in [3.05, 3.63) is 81.3 Å². The number of aromatic nitrogens is 2. The average Bonchev–Trinajstić information content (AvgIpc) is 3.10. The highest BCUT2D eigenvalue weighted by atomic mass is 16.1. The zero-order valence-corrected chi connectivity index (χ0v) is 19.1. The predicted octanol–water partition coefficient (Wildman–Crippen LogP) is 5.10. The lowest BCUT2D eigenvalue weighted by Crippen LogP contribution is -2.24. The molecule has 2 N–H and O–H groups in total. The summed E-state index contributed by atoms with van der Waals surface area (Å²) in [6.45, 7) is 6.78. The first-order valence-electron chi connectivity index (χ1n) is 11.4. The van der Waals surface area contributed by atoms with Gasteiger partial charge in [0.25, 0.3) is 11.5 Å². The van der Waals surface area contributed by atoms with Crippen molar-refractivity contribution in [3.8, 4) is 5.69 Å². The lowest BCUT2D eigenvalue weighted by molar-refractivity contribution is 0.0953. The molecule has 32 heavy (non-hydrogen) atoms. The summed E-state index contributed by atoms with van der Waals surface area (Å²) in [6, 6.07) is 14.9. The molecule has 2 aromatic carbocycles. The summed E-state index contributed by atoms with van der Waals surface area (Å²) < 4.78 is 1.48. The number of aromatic amines is 1. The van der Waals surface area contributed by atoms with Crippen LogP contribution in [-0.2, 0) is 6.42 Å². The van der Waals surface area contributed by atoms with E-state index < -0.39 is 0 Å². The summed E-state index contributed by atoms with van der Waals surface area (Å²) in [5.41, 5.74) is 4.34. The highest BCUT2D eigenvalue weighted by Crippen LogP contribution is 2.19. The molecule has 0 spiro atoms. The van der Waals surface area contributed by atoms with Crippen LogP contribution in [0.1, 0.15) is 66.7 Å². The van der Waals surface area contributed by atoms with Gasteiger partial charge in [-0.2, -0.15) is 0 Å². The molecule has 0 unspecified atom stereocenters. The van der Waals surface area contributed by atoms with Crippen LogP contribution < -0.4 is 10.9 Å². The smallest absolute Gasteiger partial charge is 0.280 e. The molecule has 1 heterocycles. The van der Waals surface area contributed by atoms with Crippen LogP contribution in [0.5, 0.6) is 0 Å². The molecule has 0 saturated heterocycles. The number of benzene rings is 2. The van der Waals surface area contributed by atoms with Gasteiger partial charge in [-0.25, -0.2) is 4.68 Å². The molecule has 1 aromatic heterocycles. The van der Waals surface area contributed by atoms with Gasteiger partial charge in [0.1, 0.15) is 0 Å². The molecule has 168 valence electrons. The molecule has 1 amide bonds. The molecule has 6 nitrogen and oxygen atoms in total. The van der Waals surface area contributed by atoms with Crippen molar-refractivity contribution in [2.24, 2.45) is 4.99 Å². The second kappa shape index (κ2) is 11.3. The number of nitrogens with zero attached hydrogens (tertiary/aromatic N) is 2. The third kappa shape index (κ3) is 5.63. The first-order valence-corrected chi connectivity index (χ1v) is 11.4. The van der Waals surface area contributed by atoms with E-state index in [4.69, 9.17) is 0 Å². The number of H-pyrrole nitrogens is 1. The van der Waals surface area contributed by atoms with Gasteiger partial charge in [-0.3, -0.25) is 19.7 Å². The number of aryl methyl sites for hydroxylation is 2. The molecule has 0 aliphatic carbocycles. The van der Waals surface area contributed by atoms with Gasteiger partial charge < -0.3 is 5.32 Å². The van der Waals surface area contributed by atoms with Crippen molar-refractivity contribution < 1.29 is 4.79 Å². The Morgan fingerprint density at radius 1 is 1.06 bits per heavy atom. The maximum Gasteiger partial charge on any atom is 0.280 e. The maximum atomic E-state index is 13.0. The summed E-state index contributed by atoms with van der Waals surface area (Å²) in [7, 11) is 0. The van der Waals surface area contributed by atoms with Gasteiger partial charge in [-0.05, 0) is 55.7 Å². The Bertz CT molecular complexity index is 1120. The Labute approximate surface area is 189 Å². The number of hydrogen-bond donors (Lipinski definition) is 2. The van der Waals surface area contributed by atoms with Crippen LogP contribution in [0.15, 0.2) is 58.3 Å². The lowest BCUT2D eigenvalue weighted by Gasteiger charge is -2.06. The molecule has 0 fully saturated rings. The summed E-state index contributed by atoms with van der Waals surface area (Å²) in [4.78, 5) is 29.8. The van der Waals surface area contributed by atoms with Crippen molar-refractivity contribution >= 4 is 17.8 Å². The third-order valence-electron chi connectivity index (χ3n) is 5.53. The largest absolute Gasteiger partial charge is 0.352 e. The standard InChI is InChI=1S/C26H32N4O2/c1-4-6-7-10-17-27-25(31)21-13-15-22(16-14-21)30-26(32)23(19(3)29-30)18-28-24-12-9-8-11-20(24)5-2/h8-9,11-16,18,29H,4-7,10,17H2,1-3H3,(H,27,31). The van der Waals surface area contributed by atoms with Gasteiger partial charge in [-0.15, -0.1) is 0 Å². The predicted molar refractivity (Wildman–Crippen MR) is 131 cm³/mol. The van der Waals surface area contributed by atoms with Crippen molar-refractivity contribution in [3.63, 3.8) is 0 Å². The van der Waals surface area contributed by atoms with Crippen LogP contribution in [0.2, 0.25) is 0 Å². The highest BCUT2D eigenvalue weighted by molar-refractivity contribution is 5.94. The van der Waals surface area contributed by atoms with Gasteiger partial charge in [0.2, 0.25) is 0 Å². The third-order valence-corrected chi connectivity index (χ3v) is 5.53. The van der Waals surface area contributed by atoms with E-state index in [0.29, 0.717) is 23.4 Å². The number of para-hydroxylation sites is 1. The monoisotopic (exact) mass is 432 g/mol. The van der Waals surface area contributed by atoms with E-state index in [0.717, 1.165) is 36.2 Å². The first kappa shape index (κ1) is 23.3. The van der Waals surface area contributed by atoms with Crippen LogP contribution in [0.3, 0.4) is 0 Å². The van der Waals surface area contributed by atoms with Crippen molar-refractivity contribution in [1.82, 2.24) is 15.1 Å². The number of amides is 1. The van der Waals surface area contributed by atoms with E-state index >= 15 is 0 Å². The lowest BCUT2D eigenvalue weighted by atomic mass is 10.1. The second-order valence-electron chi connectivity index (χ2n) is 7.89. The number of rotatable bonds is 10. The van der Waals surface area contributed by atoms with Gasteiger partial charge in [0.05, 0.1) is 16.9 Å². The van der Waals surface area contributed by atoms with E-state index in [-0.39, 0.29) is 11.5 Å². The van der Waals surface area contributed by atoms with E-state index in [1.54, 1.807) is 30.5 Å². The quantitative estimate of drug-likeness (QED) is 0.345. The molecule has 0 bridgehead atoms. The Hall–Kier alpha value is -3.41. The number of carbonyl (C=O) groups excluding carboxylic acids is 1. The highest BCUT2D eigenvalue weighted by Gasteiger charge is 2.12. The number of nitrogens with one attached hydrogen (secondary N) is 2. The van der Waals surface area contributed by atoms with Gasteiger partial charge in [-0.1, -0.05) is 51.3 Å². The minimum Gasteiger partial charge on any atom is -0.352 e. The fourth-order valence-electron chi connectivity index (χ4n) is 3.58. The van der Waals surface area contributed by atoms with Gasteiger partial charge in [0.15, 0.2) is 0 Å². The number of aliphatic imine (C=N–C) groups is 1. The molecule has 6 heteroatoms. The molecule has 0 saturated carbocycles. The van der Waals surface area contributed by atoms with Crippen LogP contribution in [0, 0.1) is 6.92 Å². The first-order chi connectivity index (χ1) is 15.5. The SMILES string of the molecule is CCCCCCNC(=O)c1ccc(-n2[nH]c(C)c(C=Nc3ccccc3CC)c2=O)cc1. The van der Waals surface area contributed by atoms with E-state index in [2.05, 4.69) is 29.3 Å². The topological polar surface area (TPSA) is 79.2 Å². The Morgan fingerprint density at radius 2 is 1.81 bits per heavy atom. The Morgan fingerprint density at radius 3 is 2.53 bits per heavy atom. The van der Waals surface area contributed by atoms with Gasteiger partial charge in [0, 0.05) is 24.0 Å². The summed E-state index contributed by atoms with van der Waals surface area (Å²) in [6.07, 6.45) is 6.98. The van der Waals surface area contributed by atoms with Crippen LogP contribution in [0.25, 0.3) is 5.69 Å². The number of unbranched alkanes of at least 4 members (excludes halogenated alkanes) is 3. The maximum absolute atomic E-state index is 13.0. The molecular weight excluding hydrogens is 400 g/mol. The summed E-state index contributed by atoms with van der Waals surface area (Å²) in [5.74, 6) is -0.0922. The Kier molecular flexibility index (Phi) is 8.20. The fraction of sp³-hybridized carbons (Fsp3) is 0.346. The van der Waals surface area contributed by atoms with Gasteiger partial charge >= 0.3 is 0 Å².